The quantitative estimate of drug-likeness (QED) is 0.644. The summed E-state index contributed by atoms with van der Waals surface area (Å²) in [6.45, 7) is 3.15. The van der Waals surface area contributed by atoms with E-state index in [0.29, 0.717) is 10.8 Å². The van der Waals surface area contributed by atoms with Crippen LogP contribution in [0.1, 0.15) is 21.6 Å². The molecule has 0 aliphatic carbocycles. The van der Waals surface area contributed by atoms with Crippen LogP contribution in [0.2, 0.25) is 5.02 Å². The molecule has 0 fully saturated rings. The summed E-state index contributed by atoms with van der Waals surface area (Å²) in [5, 5.41) is 2.72. The highest BCUT2D eigenvalue weighted by Gasteiger charge is 2.11. The third-order valence-corrected chi connectivity index (χ3v) is 3.70. The molecule has 9 heteroatoms. The summed E-state index contributed by atoms with van der Waals surface area (Å²) >= 11 is 5.77. The fourth-order valence-corrected chi connectivity index (χ4v) is 2.32. The van der Waals surface area contributed by atoms with Crippen molar-refractivity contribution in [1.29, 1.82) is 0 Å². The van der Waals surface area contributed by atoms with E-state index in [1.54, 1.807) is 0 Å². The number of amides is 3. The Bertz CT molecular complexity index is 837. The van der Waals surface area contributed by atoms with Crippen LogP contribution in [0.5, 0.6) is 5.75 Å². The predicted molar refractivity (Wildman–Crippen MR) is 99.3 cm³/mol. The predicted octanol–water partition coefficient (Wildman–Crippen LogP) is 1.31. The summed E-state index contributed by atoms with van der Waals surface area (Å²) < 4.78 is 5.48. The van der Waals surface area contributed by atoms with Crippen LogP contribution in [0.3, 0.4) is 0 Å². The number of nitrogens with one attached hydrogen (secondary N) is 3. The molecule has 3 amide bonds. The summed E-state index contributed by atoms with van der Waals surface area (Å²) in [6, 6.07) is 8.55. The van der Waals surface area contributed by atoms with Gasteiger partial charge < -0.3 is 10.1 Å². The molecule has 0 aliphatic heterocycles. The minimum absolute atomic E-state index is 0.0846. The Hall–Kier alpha value is -3.13. The fourth-order valence-electron chi connectivity index (χ4n) is 2.16. The summed E-state index contributed by atoms with van der Waals surface area (Å²) in [5.41, 5.74) is 6.30. The van der Waals surface area contributed by atoms with Gasteiger partial charge in [-0.05, 0) is 37.1 Å². The molecule has 142 valence electrons. The number of para-hydroxylation sites is 1. The van der Waals surface area contributed by atoms with Crippen LogP contribution in [0.25, 0.3) is 0 Å². The van der Waals surface area contributed by atoms with Gasteiger partial charge in [-0.25, -0.2) is 0 Å². The van der Waals surface area contributed by atoms with E-state index < -0.39 is 17.7 Å². The first kappa shape index (κ1) is 20.2. The van der Waals surface area contributed by atoms with Crippen LogP contribution in [-0.2, 0) is 9.59 Å². The van der Waals surface area contributed by atoms with Crippen LogP contribution < -0.4 is 20.9 Å². The average molecular weight is 391 g/mol. The molecular formula is C18H19ClN4O4. The topological polar surface area (TPSA) is 109 Å². The minimum atomic E-state index is -0.606. The molecule has 1 heterocycles. The van der Waals surface area contributed by atoms with Crippen LogP contribution in [0.15, 0.2) is 36.5 Å². The lowest BCUT2D eigenvalue weighted by atomic mass is 10.1. The molecule has 0 radical (unpaired) electrons. The van der Waals surface area contributed by atoms with Gasteiger partial charge in [0.1, 0.15) is 11.4 Å². The SMILES string of the molecule is Cc1cccc(C)c1OCC(=O)NNC(=O)CNC(=O)c1cc(Cl)ccn1. The van der Waals surface area contributed by atoms with Crippen LogP contribution in [0, 0.1) is 13.8 Å². The Kier molecular flexibility index (Phi) is 7.13. The van der Waals surface area contributed by atoms with E-state index >= 15 is 0 Å². The maximum atomic E-state index is 11.8. The zero-order valence-electron chi connectivity index (χ0n) is 14.8. The molecule has 0 saturated carbocycles. The van der Waals surface area contributed by atoms with E-state index in [2.05, 4.69) is 21.2 Å². The van der Waals surface area contributed by atoms with Gasteiger partial charge in [-0.2, -0.15) is 0 Å². The summed E-state index contributed by atoms with van der Waals surface area (Å²) in [6.07, 6.45) is 1.38. The molecule has 0 saturated heterocycles. The lowest BCUT2D eigenvalue weighted by Crippen LogP contribution is -2.47. The number of pyridine rings is 1. The van der Waals surface area contributed by atoms with Crippen molar-refractivity contribution in [1.82, 2.24) is 21.2 Å². The van der Waals surface area contributed by atoms with Gasteiger partial charge in [-0.3, -0.25) is 30.2 Å². The van der Waals surface area contributed by atoms with E-state index in [1.807, 2.05) is 32.0 Å². The monoisotopic (exact) mass is 390 g/mol. The summed E-state index contributed by atoms with van der Waals surface area (Å²) in [7, 11) is 0. The largest absolute Gasteiger partial charge is 0.483 e. The van der Waals surface area contributed by atoms with Crippen molar-refractivity contribution < 1.29 is 19.1 Å². The van der Waals surface area contributed by atoms with Crippen molar-refractivity contribution in [3.8, 4) is 5.75 Å². The highest BCUT2D eigenvalue weighted by molar-refractivity contribution is 6.30. The summed E-state index contributed by atoms with van der Waals surface area (Å²) in [4.78, 5) is 39.2. The number of aryl methyl sites for hydroxylation is 2. The van der Waals surface area contributed by atoms with Crippen LogP contribution >= 0.6 is 11.6 Å². The number of hydrazine groups is 1. The second-order valence-corrected chi connectivity index (χ2v) is 6.08. The molecule has 0 unspecified atom stereocenters. The lowest BCUT2D eigenvalue weighted by Gasteiger charge is -2.12. The standard InChI is InChI=1S/C18H19ClN4O4/c1-11-4-3-5-12(2)17(11)27-10-16(25)23-22-15(24)9-21-18(26)14-8-13(19)6-7-20-14/h3-8H,9-10H2,1-2H3,(H,21,26)(H,22,24)(H,23,25). The molecule has 2 rings (SSSR count). The van der Waals surface area contributed by atoms with Gasteiger partial charge in [0, 0.05) is 11.2 Å². The molecule has 0 aliphatic rings. The highest BCUT2D eigenvalue weighted by atomic mass is 35.5. The molecular weight excluding hydrogens is 372 g/mol. The minimum Gasteiger partial charge on any atom is -0.483 e. The van der Waals surface area contributed by atoms with Gasteiger partial charge in [0.25, 0.3) is 17.7 Å². The van der Waals surface area contributed by atoms with E-state index in [4.69, 9.17) is 16.3 Å². The Balaban J connectivity index is 1.72. The van der Waals surface area contributed by atoms with E-state index in [0.717, 1.165) is 11.1 Å². The number of ether oxygens (including phenoxy) is 1. The average Bonchev–Trinajstić information content (AvgIpc) is 2.64. The smallest absolute Gasteiger partial charge is 0.276 e. The number of hydrogen-bond donors (Lipinski definition) is 3. The molecule has 1 aromatic carbocycles. The zero-order valence-corrected chi connectivity index (χ0v) is 15.6. The van der Waals surface area contributed by atoms with Gasteiger partial charge in [-0.15, -0.1) is 0 Å². The van der Waals surface area contributed by atoms with Crippen molar-refractivity contribution >= 4 is 29.3 Å². The highest BCUT2D eigenvalue weighted by Crippen LogP contribution is 2.21. The normalized spacial score (nSPS) is 10.0. The molecule has 27 heavy (non-hydrogen) atoms. The summed E-state index contributed by atoms with van der Waals surface area (Å²) in [5.74, 6) is -1.07. The first-order valence-corrected chi connectivity index (χ1v) is 8.41. The maximum Gasteiger partial charge on any atom is 0.276 e. The van der Waals surface area contributed by atoms with Gasteiger partial charge in [-0.1, -0.05) is 29.8 Å². The Morgan fingerprint density at radius 3 is 2.41 bits per heavy atom. The number of aromatic nitrogens is 1. The number of nitrogens with zero attached hydrogens (tertiary/aromatic N) is 1. The van der Waals surface area contributed by atoms with Gasteiger partial charge in [0.15, 0.2) is 6.61 Å². The maximum absolute atomic E-state index is 11.8. The molecule has 3 N–H and O–H groups in total. The van der Waals surface area contributed by atoms with E-state index in [1.165, 1.54) is 18.3 Å². The van der Waals surface area contributed by atoms with Crippen molar-refractivity contribution in [2.45, 2.75) is 13.8 Å². The Morgan fingerprint density at radius 1 is 1.07 bits per heavy atom. The van der Waals surface area contributed by atoms with Crippen LogP contribution in [-0.4, -0.2) is 35.9 Å². The van der Waals surface area contributed by atoms with E-state index in [-0.39, 0.29) is 18.8 Å². The number of rotatable bonds is 6. The first-order valence-electron chi connectivity index (χ1n) is 8.03. The Labute approximate surface area is 161 Å². The third-order valence-electron chi connectivity index (χ3n) is 3.46. The Morgan fingerprint density at radius 2 is 1.74 bits per heavy atom. The molecule has 0 spiro atoms. The van der Waals surface area contributed by atoms with Gasteiger partial charge >= 0.3 is 0 Å². The van der Waals surface area contributed by atoms with Gasteiger partial charge in [0.05, 0.1) is 6.54 Å². The first-order chi connectivity index (χ1) is 12.9. The second kappa shape index (κ2) is 9.54. The number of carbonyl (C=O) groups is 3. The molecule has 0 atom stereocenters. The lowest BCUT2D eigenvalue weighted by molar-refractivity contribution is -0.129. The van der Waals surface area contributed by atoms with Crippen molar-refractivity contribution in [3.05, 3.63) is 58.4 Å². The number of benzene rings is 1. The van der Waals surface area contributed by atoms with Crippen molar-refractivity contribution in [2.75, 3.05) is 13.2 Å². The fraction of sp³-hybridized carbons (Fsp3) is 0.222. The van der Waals surface area contributed by atoms with Crippen LogP contribution in [0.4, 0.5) is 0 Å². The number of hydrogen-bond acceptors (Lipinski definition) is 5. The molecule has 1 aromatic heterocycles. The zero-order chi connectivity index (χ0) is 19.8. The third kappa shape index (κ3) is 6.27. The van der Waals surface area contributed by atoms with Gasteiger partial charge in [0.2, 0.25) is 0 Å². The second-order valence-electron chi connectivity index (χ2n) is 5.65. The molecule has 2 aromatic rings. The molecule has 0 bridgehead atoms. The number of carbonyl (C=O) groups excluding carboxylic acids is 3. The van der Waals surface area contributed by atoms with Crippen molar-refractivity contribution in [2.24, 2.45) is 0 Å². The number of halogens is 1. The van der Waals surface area contributed by atoms with Crippen molar-refractivity contribution in [3.63, 3.8) is 0 Å². The molecule has 8 nitrogen and oxygen atoms in total. The van der Waals surface area contributed by atoms with E-state index in [9.17, 15) is 14.4 Å².